The van der Waals surface area contributed by atoms with Crippen LogP contribution in [0.1, 0.15) is 28.8 Å². The number of benzene rings is 2. The SMILES string of the molecule is COc1c2c3c(c4c1OCO4)-c1ccccc1[C@@H]1OC(=O)N(CC2)[C@@H]31. The van der Waals surface area contributed by atoms with Gasteiger partial charge in [0.25, 0.3) is 0 Å². The highest BCUT2D eigenvalue weighted by Crippen LogP contribution is 2.62. The van der Waals surface area contributed by atoms with E-state index in [0.717, 1.165) is 33.6 Å². The Bertz CT molecular complexity index is 953. The van der Waals surface area contributed by atoms with Crippen molar-refractivity contribution in [2.45, 2.75) is 18.6 Å². The summed E-state index contributed by atoms with van der Waals surface area (Å²) in [5, 5.41) is 0. The van der Waals surface area contributed by atoms with E-state index in [0.29, 0.717) is 24.5 Å². The van der Waals surface area contributed by atoms with Crippen LogP contribution in [-0.2, 0) is 11.2 Å². The van der Waals surface area contributed by atoms with Crippen molar-refractivity contribution in [1.29, 1.82) is 0 Å². The van der Waals surface area contributed by atoms with Crippen molar-refractivity contribution in [3.8, 4) is 28.4 Å². The van der Waals surface area contributed by atoms with Gasteiger partial charge >= 0.3 is 6.09 Å². The van der Waals surface area contributed by atoms with E-state index in [2.05, 4.69) is 6.07 Å². The van der Waals surface area contributed by atoms with Crippen molar-refractivity contribution in [3.63, 3.8) is 0 Å². The van der Waals surface area contributed by atoms with Crippen LogP contribution in [0.4, 0.5) is 4.79 Å². The third kappa shape index (κ3) is 1.44. The lowest BCUT2D eigenvalue weighted by Gasteiger charge is -2.38. The molecule has 1 saturated heterocycles. The summed E-state index contributed by atoms with van der Waals surface area (Å²) < 4.78 is 23.0. The average molecular weight is 337 g/mol. The number of hydrogen-bond acceptors (Lipinski definition) is 5. The van der Waals surface area contributed by atoms with Crippen LogP contribution in [0, 0.1) is 0 Å². The summed E-state index contributed by atoms with van der Waals surface area (Å²) in [4.78, 5) is 14.3. The Kier molecular flexibility index (Phi) is 2.35. The standard InChI is InChI=1S/C19H15NO5/c1-22-16-11-6-7-20-14-12(11)13(17-18(16)24-8-23-17)9-4-2-3-5-10(9)15(14)25-19(20)21/h2-5,14-15H,6-8H2,1H3/t14-,15-/m0/s1. The van der Waals surface area contributed by atoms with Crippen LogP contribution in [0.5, 0.6) is 17.2 Å². The summed E-state index contributed by atoms with van der Waals surface area (Å²) in [5.74, 6) is 2.11. The molecule has 126 valence electrons. The first-order valence-corrected chi connectivity index (χ1v) is 8.38. The van der Waals surface area contributed by atoms with Gasteiger partial charge in [0.2, 0.25) is 12.5 Å². The number of amides is 1. The molecule has 6 heteroatoms. The van der Waals surface area contributed by atoms with E-state index in [-0.39, 0.29) is 25.0 Å². The highest BCUT2D eigenvalue weighted by Gasteiger charge is 2.53. The predicted octanol–water partition coefficient (Wildman–Crippen LogP) is 3.20. The van der Waals surface area contributed by atoms with Gasteiger partial charge in [-0.25, -0.2) is 4.79 Å². The summed E-state index contributed by atoms with van der Waals surface area (Å²) in [5.41, 5.74) is 5.26. The fourth-order valence-electron chi connectivity index (χ4n) is 4.72. The van der Waals surface area contributed by atoms with Crippen molar-refractivity contribution in [3.05, 3.63) is 41.0 Å². The number of ether oxygens (including phenoxy) is 4. The van der Waals surface area contributed by atoms with Crippen LogP contribution in [0.3, 0.4) is 0 Å². The number of rotatable bonds is 1. The molecule has 0 aromatic heterocycles. The van der Waals surface area contributed by atoms with E-state index in [9.17, 15) is 4.79 Å². The van der Waals surface area contributed by atoms with Crippen LogP contribution < -0.4 is 14.2 Å². The van der Waals surface area contributed by atoms with Gasteiger partial charge < -0.3 is 18.9 Å². The van der Waals surface area contributed by atoms with E-state index < -0.39 is 0 Å². The molecule has 2 aromatic rings. The third-order valence-corrected chi connectivity index (χ3v) is 5.64. The molecule has 2 atom stereocenters. The second kappa shape index (κ2) is 4.39. The third-order valence-electron chi connectivity index (χ3n) is 5.64. The van der Waals surface area contributed by atoms with Crippen LogP contribution in [0.25, 0.3) is 11.1 Å². The van der Waals surface area contributed by atoms with Gasteiger partial charge in [-0.2, -0.15) is 0 Å². The molecule has 0 N–H and O–H groups in total. The molecule has 25 heavy (non-hydrogen) atoms. The molecule has 1 aliphatic carbocycles. The molecule has 6 nitrogen and oxygen atoms in total. The van der Waals surface area contributed by atoms with Crippen molar-refractivity contribution in [1.82, 2.24) is 4.90 Å². The van der Waals surface area contributed by atoms with Crippen LogP contribution >= 0.6 is 0 Å². The van der Waals surface area contributed by atoms with Crippen molar-refractivity contribution in [2.75, 3.05) is 20.4 Å². The van der Waals surface area contributed by atoms with E-state index >= 15 is 0 Å². The van der Waals surface area contributed by atoms with Gasteiger partial charge in [-0.15, -0.1) is 0 Å². The normalized spacial score (nSPS) is 23.9. The maximum atomic E-state index is 12.4. The highest BCUT2D eigenvalue weighted by molar-refractivity contribution is 5.89. The summed E-state index contributed by atoms with van der Waals surface area (Å²) in [6.07, 6.45) is 0.170. The summed E-state index contributed by atoms with van der Waals surface area (Å²) in [7, 11) is 1.65. The lowest BCUT2D eigenvalue weighted by Crippen LogP contribution is -2.36. The molecule has 3 heterocycles. The second-order valence-corrected chi connectivity index (χ2v) is 6.65. The smallest absolute Gasteiger partial charge is 0.411 e. The zero-order valence-corrected chi connectivity index (χ0v) is 13.6. The van der Waals surface area contributed by atoms with Gasteiger partial charge in [0.05, 0.1) is 7.11 Å². The van der Waals surface area contributed by atoms with Gasteiger partial charge in [-0.05, 0) is 17.5 Å². The highest BCUT2D eigenvalue weighted by atomic mass is 16.7. The zero-order valence-electron chi connectivity index (χ0n) is 13.6. The van der Waals surface area contributed by atoms with E-state index in [1.165, 1.54) is 0 Å². The molecule has 2 aromatic carbocycles. The molecule has 0 unspecified atom stereocenters. The summed E-state index contributed by atoms with van der Waals surface area (Å²) in [6, 6.07) is 7.92. The summed E-state index contributed by atoms with van der Waals surface area (Å²) >= 11 is 0. The maximum absolute atomic E-state index is 12.4. The topological polar surface area (TPSA) is 57.2 Å². The molecule has 1 fully saturated rings. The molecule has 0 saturated carbocycles. The molecule has 0 spiro atoms. The number of fused-ring (bicyclic) bond motifs is 5. The van der Waals surface area contributed by atoms with Crippen LogP contribution in [-0.4, -0.2) is 31.4 Å². The Labute approximate surface area is 143 Å². The zero-order chi connectivity index (χ0) is 16.7. The van der Waals surface area contributed by atoms with Gasteiger partial charge in [-0.1, -0.05) is 24.3 Å². The first-order chi connectivity index (χ1) is 12.3. The maximum Gasteiger partial charge on any atom is 0.411 e. The Morgan fingerprint density at radius 3 is 2.92 bits per heavy atom. The van der Waals surface area contributed by atoms with E-state index in [1.54, 1.807) is 7.11 Å². The number of hydrogen-bond donors (Lipinski definition) is 0. The van der Waals surface area contributed by atoms with E-state index in [1.807, 2.05) is 23.1 Å². The molecule has 0 radical (unpaired) electrons. The molecule has 0 bridgehead atoms. The summed E-state index contributed by atoms with van der Waals surface area (Å²) in [6.45, 7) is 0.793. The molecule has 6 rings (SSSR count). The fraction of sp³-hybridized carbons (Fsp3) is 0.316. The van der Waals surface area contributed by atoms with Crippen molar-refractivity contribution in [2.24, 2.45) is 0 Å². The lowest BCUT2D eigenvalue weighted by atomic mass is 9.75. The van der Waals surface area contributed by atoms with E-state index in [4.69, 9.17) is 18.9 Å². The monoisotopic (exact) mass is 337 g/mol. The number of carbonyl (C=O) groups is 1. The molecular weight excluding hydrogens is 322 g/mol. The number of methoxy groups -OCH3 is 1. The minimum atomic E-state index is -0.291. The molecule has 1 amide bonds. The molecule has 3 aliphatic heterocycles. The minimum Gasteiger partial charge on any atom is -0.492 e. The first-order valence-electron chi connectivity index (χ1n) is 8.38. The van der Waals surface area contributed by atoms with Gasteiger partial charge in [-0.3, -0.25) is 4.90 Å². The lowest BCUT2D eigenvalue weighted by molar-refractivity contribution is 0.130. The number of nitrogens with zero attached hydrogens (tertiary/aromatic N) is 1. The number of carbonyl (C=O) groups excluding carboxylic acids is 1. The Morgan fingerprint density at radius 2 is 2.04 bits per heavy atom. The Hall–Kier alpha value is -2.89. The van der Waals surface area contributed by atoms with Gasteiger partial charge in [0, 0.05) is 23.2 Å². The minimum absolute atomic E-state index is 0.135. The van der Waals surface area contributed by atoms with Crippen molar-refractivity contribution >= 4 is 6.09 Å². The van der Waals surface area contributed by atoms with Crippen LogP contribution in [0.15, 0.2) is 24.3 Å². The fourth-order valence-corrected chi connectivity index (χ4v) is 4.72. The Balaban J connectivity index is 1.78. The second-order valence-electron chi connectivity index (χ2n) is 6.65. The first kappa shape index (κ1) is 13.4. The molecule has 4 aliphatic rings. The van der Waals surface area contributed by atoms with Crippen LogP contribution in [0.2, 0.25) is 0 Å². The molecular formula is C19H15NO5. The quantitative estimate of drug-likeness (QED) is 0.800. The van der Waals surface area contributed by atoms with Crippen molar-refractivity contribution < 1.29 is 23.7 Å². The van der Waals surface area contributed by atoms with Gasteiger partial charge in [0.15, 0.2) is 17.6 Å². The Morgan fingerprint density at radius 1 is 1.20 bits per heavy atom. The average Bonchev–Trinajstić information content (AvgIpc) is 3.25. The largest absolute Gasteiger partial charge is 0.492 e. The predicted molar refractivity (Wildman–Crippen MR) is 86.9 cm³/mol. The van der Waals surface area contributed by atoms with Gasteiger partial charge in [0.1, 0.15) is 6.04 Å².